The summed E-state index contributed by atoms with van der Waals surface area (Å²) >= 11 is 0. The number of rotatable bonds is 12. The first-order valence-corrected chi connectivity index (χ1v) is 16.1. The van der Waals surface area contributed by atoms with Crippen LogP contribution < -0.4 is 5.32 Å². The Morgan fingerprint density at radius 1 is 0.936 bits per heavy atom. The molecule has 8 heteroatoms. The summed E-state index contributed by atoms with van der Waals surface area (Å²) in [6, 6.07) is 34.4. The van der Waals surface area contributed by atoms with Crippen molar-refractivity contribution in [2.24, 2.45) is 5.41 Å². The van der Waals surface area contributed by atoms with Crippen LogP contribution in [-0.4, -0.2) is 43.6 Å². The standard InChI is InChI=1S/C39H41FN6O/c1-39(2,3)36(37-42-35(29-16-9-5-10-17-29)27-45(37)26-28-14-7-4-8-15-28)46(38(47)30-18-11-6-12-19-30)23-13-22-41-25-34-32-21-20-31(40)24-33(32)43-44-34/h4-12,14-21,24,27,36,41H,13,22-23,25-26H2,1-3H3,(H,43,44)/t36-/m0/s1. The van der Waals surface area contributed by atoms with Crippen LogP contribution in [-0.2, 0) is 13.1 Å². The van der Waals surface area contributed by atoms with Gasteiger partial charge in [0.2, 0.25) is 0 Å². The van der Waals surface area contributed by atoms with Crippen LogP contribution in [0.4, 0.5) is 4.39 Å². The lowest BCUT2D eigenvalue weighted by Gasteiger charge is -2.40. The fourth-order valence-electron chi connectivity index (χ4n) is 6.15. The van der Waals surface area contributed by atoms with Gasteiger partial charge < -0.3 is 14.8 Å². The molecule has 7 nitrogen and oxygen atoms in total. The van der Waals surface area contributed by atoms with Gasteiger partial charge in [-0.25, -0.2) is 9.37 Å². The summed E-state index contributed by atoms with van der Waals surface area (Å²) in [5.74, 6) is 0.525. The van der Waals surface area contributed by atoms with Crippen molar-refractivity contribution in [2.45, 2.75) is 46.3 Å². The number of fused-ring (bicyclic) bond motifs is 1. The Morgan fingerprint density at radius 2 is 1.62 bits per heavy atom. The Morgan fingerprint density at radius 3 is 2.32 bits per heavy atom. The molecule has 6 rings (SSSR count). The van der Waals surface area contributed by atoms with E-state index in [1.54, 1.807) is 6.07 Å². The van der Waals surface area contributed by atoms with Gasteiger partial charge in [-0.15, -0.1) is 0 Å². The summed E-state index contributed by atoms with van der Waals surface area (Å²) in [4.78, 5) is 21.7. The molecule has 2 heterocycles. The number of carbonyl (C=O) groups is 1. The normalized spacial score (nSPS) is 12.3. The second-order valence-corrected chi connectivity index (χ2v) is 13.0. The lowest BCUT2D eigenvalue weighted by molar-refractivity contribution is 0.0480. The van der Waals surface area contributed by atoms with Gasteiger partial charge in [-0.3, -0.25) is 9.89 Å². The SMILES string of the molecule is CC(C)(C)[C@H](c1nc(-c2ccccc2)cn1Cc1ccccc1)N(CCCNCc1[nH]nc2cc(F)ccc12)C(=O)c1ccccc1. The molecule has 2 N–H and O–H groups in total. The van der Waals surface area contributed by atoms with Crippen molar-refractivity contribution in [2.75, 3.05) is 13.1 Å². The van der Waals surface area contributed by atoms with E-state index in [-0.39, 0.29) is 23.2 Å². The van der Waals surface area contributed by atoms with E-state index in [0.717, 1.165) is 40.1 Å². The second kappa shape index (κ2) is 14.1. The van der Waals surface area contributed by atoms with Crippen molar-refractivity contribution in [3.8, 4) is 11.3 Å². The van der Waals surface area contributed by atoms with E-state index in [2.05, 4.69) is 71.3 Å². The number of imidazole rings is 1. The molecule has 6 aromatic rings. The first-order chi connectivity index (χ1) is 22.8. The maximum absolute atomic E-state index is 14.4. The first kappa shape index (κ1) is 31.9. The van der Waals surface area contributed by atoms with Crippen molar-refractivity contribution >= 4 is 16.8 Å². The Kier molecular flexibility index (Phi) is 9.59. The van der Waals surface area contributed by atoms with Gasteiger partial charge in [0.1, 0.15) is 11.6 Å². The van der Waals surface area contributed by atoms with Crippen LogP contribution >= 0.6 is 0 Å². The predicted molar refractivity (Wildman–Crippen MR) is 185 cm³/mol. The minimum atomic E-state index is -0.338. The number of aromatic nitrogens is 4. The summed E-state index contributed by atoms with van der Waals surface area (Å²) in [5, 5.41) is 11.7. The molecule has 0 radical (unpaired) electrons. The molecular formula is C39H41FN6O. The Bertz CT molecular complexity index is 1910. The van der Waals surface area contributed by atoms with Crippen molar-refractivity contribution < 1.29 is 9.18 Å². The number of benzene rings is 4. The first-order valence-electron chi connectivity index (χ1n) is 16.1. The number of carbonyl (C=O) groups excluding carboxylic acids is 1. The lowest BCUT2D eigenvalue weighted by atomic mass is 9.84. The molecule has 0 spiro atoms. The van der Waals surface area contributed by atoms with Gasteiger partial charge in [-0.2, -0.15) is 5.10 Å². The Labute approximate surface area is 275 Å². The minimum absolute atomic E-state index is 0.0253. The highest BCUT2D eigenvalue weighted by molar-refractivity contribution is 5.94. The second-order valence-electron chi connectivity index (χ2n) is 13.0. The van der Waals surface area contributed by atoms with E-state index in [4.69, 9.17) is 4.98 Å². The van der Waals surface area contributed by atoms with E-state index in [1.807, 2.05) is 71.6 Å². The number of H-pyrrole nitrogens is 1. The monoisotopic (exact) mass is 628 g/mol. The third-order valence-electron chi connectivity index (χ3n) is 8.38. The van der Waals surface area contributed by atoms with Crippen molar-refractivity contribution in [1.82, 2.24) is 30.0 Å². The third kappa shape index (κ3) is 7.50. The van der Waals surface area contributed by atoms with Crippen LogP contribution in [0.5, 0.6) is 0 Å². The molecule has 2 aromatic heterocycles. The number of aromatic amines is 1. The molecule has 1 atom stereocenters. The maximum Gasteiger partial charge on any atom is 0.254 e. The molecular weight excluding hydrogens is 587 g/mol. The number of hydrogen-bond acceptors (Lipinski definition) is 4. The molecule has 0 aliphatic heterocycles. The summed E-state index contributed by atoms with van der Waals surface area (Å²) in [6.45, 7) is 8.92. The zero-order valence-electron chi connectivity index (χ0n) is 27.2. The van der Waals surface area contributed by atoms with E-state index in [9.17, 15) is 9.18 Å². The topological polar surface area (TPSA) is 78.8 Å². The summed E-state index contributed by atoms with van der Waals surface area (Å²) in [5.41, 5.74) is 4.90. The number of hydrogen-bond donors (Lipinski definition) is 2. The summed E-state index contributed by atoms with van der Waals surface area (Å²) in [7, 11) is 0. The molecule has 0 bridgehead atoms. The van der Waals surface area contributed by atoms with Crippen LogP contribution in [0.1, 0.15) is 60.7 Å². The number of amides is 1. The number of nitrogens with one attached hydrogen (secondary N) is 2. The van der Waals surface area contributed by atoms with Crippen molar-refractivity contribution in [3.63, 3.8) is 0 Å². The van der Waals surface area contributed by atoms with Gasteiger partial charge in [0.25, 0.3) is 5.91 Å². The van der Waals surface area contributed by atoms with E-state index in [1.165, 1.54) is 12.1 Å². The summed E-state index contributed by atoms with van der Waals surface area (Å²) in [6.07, 6.45) is 2.83. The molecule has 4 aromatic carbocycles. The molecule has 0 unspecified atom stereocenters. The van der Waals surface area contributed by atoms with Gasteiger partial charge in [0, 0.05) is 48.4 Å². The molecule has 0 aliphatic carbocycles. The highest BCUT2D eigenvalue weighted by atomic mass is 19.1. The average Bonchev–Trinajstić information content (AvgIpc) is 3.67. The minimum Gasteiger partial charge on any atom is -0.328 e. The highest BCUT2D eigenvalue weighted by Crippen LogP contribution is 2.40. The smallest absolute Gasteiger partial charge is 0.254 e. The summed E-state index contributed by atoms with van der Waals surface area (Å²) < 4.78 is 15.9. The zero-order chi connectivity index (χ0) is 32.8. The van der Waals surface area contributed by atoms with Gasteiger partial charge in [-0.05, 0) is 48.2 Å². The fourth-order valence-corrected chi connectivity index (χ4v) is 6.15. The van der Waals surface area contributed by atoms with Crippen LogP contribution in [0.15, 0.2) is 115 Å². The van der Waals surface area contributed by atoms with Crippen LogP contribution in [0.2, 0.25) is 0 Å². The van der Waals surface area contributed by atoms with E-state index >= 15 is 0 Å². The quantitative estimate of drug-likeness (QED) is 0.135. The van der Waals surface area contributed by atoms with Crippen LogP contribution in [0, 0.1) is 11.2 Å². The van der Waals surface area contributed by atoms with E-state index < -0.39 is 0 Å². The molecule has 47 heavy (non-hydrogen) atoms. The number of halogens is 1. The molecule has 240 valence electrons. The zero-order valence-corrected chi connectivity index (χ0v) is 27.2. The van der Waals surface area contributed by atoms with Gasteiger partial charge in [-0.1, -0.05) is 99.6 Å². The fraction of sp³-hybridized carbons (Fsp3) is 0.256. The van der Waals surface area contributed by atoms with Crippen LogP contribution in [0.3, 0.4) is 0 Å². The van der Waals surface area contributed by atoms with E-state index in [0.29, 0.717) is 37.3 Å². The maximum atomic E-state index is 14.4. The molecule has 0 saturated heterocycles. The predicted octanol–water partition coefficient (Wildman–Crippen LogP) is 8.02. The highest BCUT2D eigenvalue weighted by Gasteiger charge is 2.38. The van der Waals surface area contributed by atoms with Gasteiger partial charge >= 0.3 is 0 Å². The number of nitrogens with zero attached hydrogens (tertiary/aromatic N) is 4. The van der Waals surface area contributed by atoms with Gasteiger partial charge in [0.15, 0.2) is 0 Å². The van der Waals surface area contributed by atoms with Crippen molar-refractivity contribution in [3.05, 3.63) is 144 Å². The molecule has 0 saturated carbocycles. The van der Waals surface area contributed by atoms with Crippen molar-refractivity contribution in [1.29, 1.82) is 0 Å². The van der Waals surface area contributed by atoms with Crippen LogP contribution in [0.25, 0.3) is 22.2 Å². The van der Waals surface area contributed by atoms with Gasteiger partial charge in [0.05, 0.1) is 22.9 Å². The average molecular weight is 629 g/mol. The Hall–Kier alpha value is -5.08. The molecule has 0 fully saturated rings. The third-order valence-corrected chi connectivity index (χ3v) is 8.38. The molecule has 0 aliphatic rings. The molecule has 1 amide bonds. The lowest BCUT2D eigenvalue weighted by Crippen LogP contribution is -2.43. The largest absolute Gasteiger partial charge is 0.328 e. The Balaban J connectivity index is 1.31.